The van der Waals surface area contributed by atoms with E-state index in [0.717, 1.165) is 0 Å². The molecule has 0 spiro atoms. The largest absolute Gasteiger partial charge is 0.508 e. The lowest BCUT2D eigenvalue weighted by atomic mass is 10.2. The van der Waals surface area contributed by atoms with Crippen LogP contribution in [-0.2, 0) is 4.74 Å². The van der Waals surface area contributed by atoms with Gasteiger partial charge in [-0.2, -0.15) is 0 Å². The van der Waals surface area contributed by atoms with Gasteiger partial charge >= 0.3 is 5.97 Å². The monoisotopic (exact) mass is 334 g/mol. The highest BCUT2D eigenvalue weighted by Crippen LogP contribution is 2.09. The maximum Gasteiger partial charge on any atom is 0.337 e. The topological polar surface area (TPSA) is 148 Å². The molecule has 0 aliphatic rings. The first kappa shape index (κ1) is 23.6. The predicted molar refractivity (Wildman–Crippen MR) is 83.0 cm³/mol. The molecule has 6 N–H and O–H groups in total. The van der Waals surface area contributed by atoms with Crippen LogP contribution in [0, 0.1) is 0 Å². The second-order valence-corrected chi connectivity index (χ2v) is 4.42. The SMILES string of the molecule is CC(O)CCO.COC(=O)c1ccc(O)cc1.OCC(O)CO. The van der Waals surface area contributed by atoms with Gasteiger partial charge in [0.1, 0.15) is 11.9 Å². The normalized spacial score (nSPS) is 10.8. The molecule has 0 saturated heterocycles. The molecule has 1 unspecified atom stereocenters. The zero-order valence-corrected chi connectivity index (χ0v) is 13.3. The van der Waals surface area contributed by atoms with Crippen molar-refractivity contribution in [3.63, 3.8) is 0 Å². The number of benzene rings is 1. The fourth-order valence-corrected chi connectivity index (χ4v) is 0.960. The fraction of sp³-hybridized carbons (Fsp3) is 0.533. The van der Waals surface area contributed by atoms with E-state index in [4.69, 9.17) is 30.6 Å². The van der Waals surface area contributed by atoms with Crippen molar-refractivity contribution in [1.29, 1.82) is 0 Å². The minimum Gasteiger partial charge on any atom is -0.508 e. The number of methoxy groups -OCH3 is 1. The van der Waals surface area contributed by atoms with E-state index < -0.39 is 12.1 Å². The lowest BCUT2D eigenvalue weighted by Crippen LogP contribution is -2.15. The minimum absolute atomic E-state index is 0.0810. The van der Waals surface area contributed by atoms with Gasteiger partial charge in [-0.1, -0.05) is 0 Å². The summed E-state index contributed by atoms with van der Waals surface area (Å²) in [6, 6.07) is 5.88. The number of aromatic hydroxyl groups is 1. The number of esters is 1. The Hall–Kier alpha value is -1.71. The van der Waals surface area contributed by atoms with Crippen LogP contribution in [0.4, 0.5) is 0 Å². The molecule has 0 amide bonds. The molecule has 0 radical (unpaired) electrons. The average Bonchev–Trinajstić information content (AvgIpc) is 2.55. The third-order valence-corrected chi connectivity index (χ3v) is 2.26. The first-order valence-corrected chi connectivity index (χ1v) is 6.88. The Kier molecular flexibility index (Phi) is 15.6. The van der Waals surface area contributed by atoms with Crippen LogP contribution in [0.3, 0.4) is 0 Å². The average molecular weight is 334 g/mol. The lowest BCUT2D eigenvalue weighted by Gasteiger charge is -1.97. The predicted octanol–water partition coefficient (Wildman–Crippen LogP) is -0.740. The van der Waals surface area contributed by atoms with Crippen LogP contribution >= 0.6 is 0 Å². The van der Waals surface area contributed by atoms with Crippen molar-refractivity contribution in [2.24, 2.45) is 0 Å². The maximum atomic E-state index is 10.8. The van der Waals surface area contributed by atoms with E-state index in [9.17, 15) is 4.79 Å². The molecule has 0 saturated carbocycles. The first-order chi connectivity index (χ1) is 10.8. The summed E-state index contributed by atoms with van der Waals surface area (Å²) >= 11 is 0. The molecule has 1 rings (SSSR count). The standard InChI is InChI=1S/C8H8O3.C4H10O2.C3H8O3/c1-11-8(10)6-2-4-7(9)5-3-6;1-4(6)2-3-5;4-1-3(6)2-5/h2-5,9H,1H3;4-6H,2-3H2,1H3;3-6H,1-2H2. The maximum absolute atomic E-state index is 10.8. The van der Waals surface area contributed by atoms with Gasteiger partial charge < -0.3 is 35.4 Å². The summed E-state index contributed by atoms with van der Waals surface area (Å²) in [7, 11) is 1.31. The molecule has 23 heavy (non-hydrogen) atoms. The Morgan fingerprint density at radius 1 is 1.09 bits per heavy atom. The van der Waals surface area contributed by atoms with Gasteiger partial charge in [0.05, 0.1) is 32.0 Å². The van der Waals surface area contributed by atoms with E-state index >= 15 is 0 Å². The quantitative estimate of drug-likeness (QED) is 0.386. The van der Waals surface area contributed by atoms with Crippen LogP contribution in [0.5, 0.6) is 5.75 Å². The molecule has 0 fully saturated rings. The molecule has 1 aromatic rings. The van der Waals surface area contributed by atoms with Gasteiger partial charge in [0, 0.05) is 6.61 Å². The molecule has 8 nitrogen and oxygen atoms in total. The molecular formula is C15H26O8. The smallest absolute Gasteiger partial charge is 0.337 e. The minimum atomic E-state index is -0.954. The van der Waals surface area contributed by atoms with Crippen LogP contribution < -0.4 is 0 Å². The molecule has 1 atom stereocenters. The van der Waals surface area contributed by atoms with E-state index in [1.807, 2.05) is 0 Å². The Bertz CT molecular complexity index is 387. The number of carbonyl (C=O) groups is 1. The van der Waals surface area contributed by atoms with Crippen molar-refractivity contribution in [1.82, 2.24) is 0 Å². The molecule has 0 aliphatic heterocycles. The van der Waals surface area contributed by atoms with Gasteiger partial charge in [-0.15, -0.1) is 0 Å². The van der Waals surface area contributed by atoms with Crippen LogP contribution in [0.25, 0.3) is 0 Å². The van der Waals surface area contributed by atoms with Crippen molar-refractivity contribution in [3.05, 3.63) is 29.8 Å². The highest BCUT2D eigenvalue weighted by Gasteiger charge is 2.02. The summed E-state index contributed by atoms with van der Waals surface area (Å²) in [5.41, 5.74) is 0.435. The molecule has 134 valence electrons. The molecule has 0 aromatic heterocycles. The third-order valence-electron chi connectivity index (χ3n) is 2.26. The molecule has 1 aromatic carbocycles. The molecule has 0 aliphatic carbocycles. The van der Waals surface area contributed by atoms with E-state index in [0.29, 0.717) is 12.0 Å². The zero-order valence-electron chi connectivity index (χ0n) is 13.3. The van der Waals surface area contributed by atoms with Crippen LogP contribution in [0.1, 0.15) is 23.7 Å². The van der Waals surface area contributed by atoms with Gasteiger partial charge in [-0.25, -0.2) is 4.79 Å². The van der Waals surface area contributed by atoms with Crippen molar-refractivity contribution < 1.29 is 40.2 Å². The summed E-state index contributed by atoms with van der Waals surface area (Å²) in [5, 5.41) is 49.3. The second kappa shape index (κ2) is 15.2. The number of phenols is 1. The van der Waals surface area contributed by atoms with Gasteiger partial charge in [-0.3, -0.25) is 0 Å². The highest BCUT2D eigenvalue weighted by atomic mass is 16.5. The van der Waals surface area contributed by atoms with Crippen molar-refractivity contribution in [2.75, 3.05) is 26.9 Å². The number of carbonyl (C=O) groups excluding carboxylic acids is 1. The van der Waals surface area contributed by atoms with E-state index in [1.54, 1.807) is 6.92 Å². The number of rotatable bonds is 5. The summed E-state index contributed by atoms with van der Waals surface area (Å²) in [4.78, 5) is 10.8. The Balaban J connectivity index is 0. The van der Waals surface area contributed by atoms with Crippen molar-refractivity contribution in [2.45, 2.75) is 25.6 Å². The van der Waals surface area contributed by atoms with E-state index in [1.165, 1.54) is 31.4 Å². The van der Waals surface area contributed by atoms with Crippen LogP contribution in [0.2, 0.25) is 0 Å². The number of aliphatic hydroxyl groups is 5. The van der Waals surface area contributed by atoms with E-state index in [2.05, 4.69) is 4.74 Å². The highest BCUT2D eigenvalue weighted by molar-refractivity contribution is 5.89. The Morgan fingerprint density at radius 3 is 1.78 bits per heavy atom. The van der Waals surface area contributed by atoms with Crippen molar-refractivity contribution >= 4 is 5.97 Å². The third kappa shape index (κ3) is 15.0. The summed E-state index contributed by atoms with van der Waals surface area (Å²) in [6.45, 7) is 1.00. The van der Waals surface area contributed by atoms with Crippen LogP contribution in [0.15, 0.2) is 24.3 Å². The van der Waals surface area contributed by atoms with Gasteiger partial charge in [0.15, 0.2) is 0 Å². The molecular weight excluding hydrogens is 308 g/mol. The summed E-state index contributed by atoms with van der Waals surface area (Å²) < 4.78 is 4.46. The molecule has 0 heterocycles. The number of ether oxygens (including phenoxy) is 1. The lowest BCUT2D eigenvalue weighted by molar-refractivity contribution is 0.0450. The number of hydrogen-bond acceptors (Lipinski definition) is 8. The van der Waals surface area contributed by atoms with Crippen LogP contribution in [-0.4, -0.2) is 75.7 Å². The fourth-order valence-electron chi connectivity index (χ4n) is 0.960. The summed E-state index contributed by atoms with van der Waals surface area (Å²) in [6.07, 6.45) is -0.819. The number of phenolic OH excluding ortho intramolecular Hbond substituents is 1. The number of hydrogen-bond donors (Lipinski definition) is 6. The van der Waals surface area contributed by atoms with Gasteiger partial charge in [0.25, 0.3) is 0 Å². The zero-order chi connectivity index (χ0) is 18.3. The van der Waals surface area contributed by atoms with Crippen molar-refractivity contribution in [3.8, 4) is 5.75 Å². The molecule has 0 bridgehead atoms. The first-order valence-electron chi connectivity index (χ1n) is 6.88. The Labute approximate surface area is 135 Å². The molecule has 8 heteroatoms. The Morgan fingerprint density at radius 2 is 1.57 bits per heavy atom. The van der Waals surface area contributed by atoms with Gasteiger partial charge in [-0.05, 0) is 37.6 Å². The van der Waals surface area contributed by atoms with Gasteiger partial charge in [0.2, 0.25) is 0 Å². The van der Waals surface area contributed by atoms with E-state index in [-0.39, 0.29) is 31.7 Å². The number of aliphatic hydroxyl groups excluding tert-OH is 5. The second-order valence-electron chi connectivity index (χ2n) is 4.42. The summed E-state index contributed by atoms with van der Waals surface area (Å²) in [5.74, 6) is -0.261.